The summed E-state index contributed by atoms with van der Waals surface area (Å²) in [6.45, 7) is 18.3. The predicted octanol–water partition coefficient (Wildman–Crippen LogP) is 26.2. The van der Waals surface area contributed by atoms with E-state index in [1.807, 2.05) is 0 Å². The highest BCUT2D eigenvalue weighted by Crippen LogP contribution is 2.49. The number of rotatable bonds is 9. The average molecular weight is 1280 g/mol. The van der Waals surface area contributed by atoms with Gasteiger partial charge >= 0.3 is 0 Å². The topological polar surface area (TPSA) is 35.6 Å². The number of aromatic nitrogens is 4. The van der Waals surface area contributed by atoms with E-state index in [1.54, 1.807) is 0 Å². The van der Waals surface area contributed by atoms with Crippen LogP contribution in [0.1, 0.15) is 63.8 Å². The zero-order chi connectivity index (χ0) is 67.7. The summed E-state index contributed by atoms with van der Waals surface area (Å²) in [6.07, 6.45) is 0. The van der Waals surface area contributed by atoms with Crippen molar-refractivity contribution in [1.82, 2.24) is 19.1 Å². The van der Waals surface area contributed by atoms with Gasteiger partial charge in [0.2, 0.25) is 0 Å². The summed E-state index contributed by atoms with van der Waals surface area (Å²) in [6, 6.07) is 113. The largest absolute Gasteiger partial charge is 0.292 e. The summed E-state index contributed by atoms with van der Waals surface area (Å²) in [5.74, 6) is 1.83. The Balaban J connectivity index is 0.740. The molecule has 0 saturated carbocycles. The van der Waals surface area contributed by atoms with Crippen molar-refractivity contribution in [3.63, 3.8) is 0 Å². The van der Waals surface area contributed by atoms with E-state index in [-0.39, 0.29) is 10.8 Å². The average Bonchev–Trinajstić information content (AvgIpc) is 0.950. The molecule has 100 heavy (non-hydrogen) atoms. The van der Waals surface area contributed by atoms with E-state index >= 15 is 0 Å². The van der Waals surface area contributed by atoms with Gasteiger partial charge in [-0.25, -0.2) is 9.97 Å². The highest BCUT2D eigenvalue weighted by Gasteiger charge is 2.26. The van der Waals surface area contributed by atoms with Gasteiger partial charge in [-0.3, -0.25) is 9.13 Å². The van der Waals surface area contributed by atoms with Crippen LogP contribution in [-0.4, -0.2) is 19.1 Å². The SMILES string of the molecule is Cc1ccc2c(-c3ccc4cc(-c5cccc6c5nc(-c5ccccc5)n6-c5ccc(-c6c7ccc(C(C)(C)C)cc7c(-c7ccc8ccccc8c7)c7ccc(C(C)(C)C)cc67)cc5)ccc4c3)c3cc(C)ccc3c(-c3ccc(-n4c(-c5ccccc5)nc5ccccc54)cc3)c2c1. The van der Waals surface area contributed by atoms with Crippen molar-refractivity contribution in [2.24, 2.45) is 0 Å². The van der Waals surface area contributed by atoms with E-state index in [2.05, 4.69) is 368 Å². The Labute approximate surface area is 583 Å². The summed E-state index contributed by atoms with van der Waals surface area (Å²) < 4.78 is 4.65. The molecule has 0 aliphatic carbocycles. The molecule has 0 amide bonds. The molecule has 0 aliphatic rings. The molecule has 0 aliphatic heterocycles. The summed E-state index contributed by atoms with van der Waals surface area (Å²) in [7, 11) is 0. The van der Waals surface area contributed by atoms with Crippen LogP contribution in [0.25, 0.3) is 176 Å². The first-order valence-electron chi connectivity index (χ1n) is 35.0. The van der Waals surface area contributed by atoms with Crippen LogP contribution in [0, 0.1) is 13.8 Å². The van der Waals surface area contributed by atoms with Gasteiger partial charge in [0.15, 0.2) is 0 Å². The Bertz CT molecular complexity index is 6330. The number of hydrogen-bond donors (Lipinski definition) is 0. The summed E-state index contributed by atoms with van der Waals surface area (Å²) in [5, 5.41) is 14.8. The van der Waals surface area contributed by atoms with Crippen molar-refractivity contribution >= 4 is 86.7 Å². The lowest BCUT2D eigenvalue weighted by Crippen LogP contribution is -2.11. The molecule has 0 unspecified atom stereocenters. The maximum atomic E-state index is 5.65. The molecule has 0 bridgehead atoms. The first kappa shape index (κ1) is 60.4. The normalized spacial score (nSPS) is 12.2. The van der Waals surface area contributed by atoms with Crippen LogP contribution in [0.4, 0.5) is 0 Å². The molecule has 0 radical (unpaired) electrons. The maximum Gasteiger partial charge on any atom is 0.145 e. The highest BCUT2D eigenvalue weighted by atomic mass is 15.1. The quantitative estimate of drug-likeness (QED) is 0.135. The minimum atomic E-state index is -0.0571. The highest BCUT2D eigenvalue weighted by molar-refractivity contribution is 6.24. The molecule has 18 rings (SSSR count). The standard InChI is InChI=1S/C96H74N4/c1-59-31-49-78-81(52-59)88(62-38-44-74(45-39-62)99-86-28-18-17-27-85(86)97-93(99)64-21-11-9-12-22-64)77-48-30-60(2)53-82(77)90(78)71-37-34-67-54-69(35-33-68(67)56-71)76-26-19-29-87-92(76)98-94(65-23-13-10-14-24-65)100(87)75-46-40-63(41-47-75)89-79-50-42-73(96(6,7)8)58-84(79)91(70-36-32-61-20-15-16-25-66(61)55-70)80-51-43-72(57-83(80)89)95(3,4)5/h9-58H,1-8H3. The fraction of sp³-hybridized carbons (Fsp3) is 0.104. The Morgan fingerprint density at radius 2 is 0.650 bits per heavy atom. The Morgan fingerprint density at radius 1 is 0.260 bits per heavy atom. The molecule has 0 atom stereocenters. The van der Waals surface area contributed by atoms with Gasteiger partial charge in [0.25, 0.3) is 0 Å². The van der Waals surface area contributed by atoms with Gasteiger partial charge in [-0.2, -0.15) is 0 Å². The molecule has 18 aromatic rings. The molecule has 0 fully saturated rings. The monoisotopic (exact) mass is 1280 g/mol. The molecule has 2 heterocycles. The smallest absolute Gasteiger partial charge is 0.145 e. The third-order valence-corrected chi connectivity index (χ3v) is 20.9. The van der Waals surface area contributed by atoms with Crippen molar-refractivity contribution in [3.05, 3.63) is 326 Å². The van der Waals surface area contributed by atoms with Crippen molar-refractivity contribution in [2.75, 3.05) is 0 Å². The number of nitrogens with zero attached hydrogens (tertiary/aromatic N) is 4. The van der Waals surface area contributed by atoms with Crippen molar-refractivity contribution in [2.45, 2.75) is 66.2 Å². The Morgan fingerprint density at radius 3 is 1.18 bits per heavy atom. The van der Waals surface area contributed by atoms with Gasteiger partial charge in [-0.1, -0.05) is 283 Å². The summed E-state index contributed by atoms with van der Waals surface area (Å²) in [4.78, 5) is 10.8. The minimum Gasteiger partial charge on any atom is -0.292 e. The number of para-hydroxylation sites is 3. The van der Waals surface area contributed by atoms with Crippen molar-refractivity contribution < 1.29 is 0 Å². The lowest BCUT2D eigenvalue weighted by molar-refractivity contribution is 0.590. The minimum absolute atomic E-state index is 0.0462. The zero-order valence-corrected chi connectivity index (χ0v) is 57.7. The van der Waals surface area contributed by atoms with Crippen LogP contribution in [-0.2, 0) is 10.8 Å². The van der Waals surface area contributed by atoms with Crippen molar-refractivity contribution in [3.8, 4) is 89.8 Å². The van der Waals surface area contributed by atoms with E-state index in [9.17, 15) is 0 Å². The third-order valence-electron chi connectivity index (χ3n) is 20.9. The van der Waals surface area contributed by atoms with Crippen LogP contribution in [0.15, 0.2) is 303 Å². The molecule has 4 heteroatoms. The molecule has 4 nitrogen and oxygen atoms in total. The lowest BCUT2D eigenvalue weighted by Gasteiger charge is -2.25. The molecular weight excluding hydrogens is 1210 g/mol. The molecule has 16 aromatic carbocycles. The molecule has 478 valence electrons. The van der Waals surface area contributed by atoms with Crippen molar-refractivity contribution in [1.29, 1.82) is 0 Å². The fourth-order valence-corrected chi connectivity index (χ4v) is 15.8. The van der Waals surface area contributed by atoms with Crippen LogP contribution in [0.2, 0.25) is 0 Å². The van der Waals surface area contributed by atoms with E-state index in [0.29, 0.717) is 0 Å². The van der Waals surface area contributed by atoms with Gasteiger partial charge in [-0.15, -0.1) is 0 Å². The molecule has 2 aromatic heterocycles. The first-order valence-corrected chi connectivity index (χ1v) is 35.0. The van der Waals surface area contributed by atoms with E-state index in [0.717, 1.165) is 67.3 Å². The number of hydrogen-bond acceptors (Lipinski definition) is 2. The van der Waals surface area contributed by atoms with Crippen LogP contribution in [0.5, 0.6) is 0 Å². The van der Waals surface area contributed by atoms with Gasteiger partial charge in [0, 0.05) is 28.1 Å². The predicted molar refractivity (Wildman–Crippen MR) is 426 cm³/mol. The van der Waals surface area contributed by atoms with E-state index < -0.39 is 0 Å². The first-order chi connectivity index (χ1) is 48.6. The number of benzene rings is 16. The fourth-order valence-electron chi connectivity index (χ4n) is 15.8. The van der Waals surface area contributed by atoms with E-state index in [1.165, 1.54) is 131 Å². The van der Waals surface area contributed by atoms with Crippen LogP contribution >= 0.6 is 0 Å². The van der Waals surface area contributed by atoms with Gasteiger partial charge in [0.1, 0.15) is 11.6 Å². The number of imidazole rings is 2. The summed E-state index contributed by atoms with van der Waals surface area (Å²) in [5.41, 5.74) is 25.3. The second-order valence-electron chi connectivity index (χ2n) is 29.5. The second kappa shape index (κ2) is 23.4. The third kappa shape index (κ3) is 10.2. The molecule has 0 N–H and O–H groups in total. The number of aryl methyl sites for hydroxylation is 2. The number of fused-ring (bicyclic) bond motifs is 8. The zero-order valence-electron chi connectivity index (χ0n) is 57.7. The van der Waals surface area contributed by atoms with Crippen LogP contribution in [0.3, 0.4) is 0 Å². The lowest BCUT2D eigenvalue weighted by atomic mass is 9.79. The second-order valence-corrected chi connectivity index (χ2v) is 29.5. The molecule has 0 saturated heterocycles. The van der Waals surface area contributed by atoms with Gasteiger partial charge in [-0.05, 0) is 223 Å². The Kier molecular flexibility index (Phi) is 14.1. The maximum absolute atomic E-state index is 5.65. The van der Waals surface area contributed by atoms with Crippen LogP contribution < -0.4 is 0 Å². The van der Waals surface area contributed by atoms with Gasteiger partial charge in [0.05, 0.1) is 22.1 Å². The molecular formula is C96H74N4. The van der Waals surface area contributed by atoms with Gasteiger partial charge < -0.3 is 0 Å². The van der Waals surface area contributed by atoms with E-state index in [4.69, 9.17) is 9.97 Å². The summed E-state index contributed by atoms with van der Waals surface area (Å²) >= 11 is 0. The molecule has 0 spiro atoms. The Hall–Kier alpha value is -12.0.